The van der Waals surface area contributed by atoms with Gasteiger partial charge in [0.2, 0.25) is 5.91 Å². The van der Waals surface area contributed by atoms with E-state index in [9.17, 15) is 4.79 Å². The summed E-state index contributed by atoms with van der Waals surface area (Å²) in [6, 6.07) is 7.87. The normalized spacial score (nSPS) is 9.93. The first-order valence-electron chi connectivity index (χ1n) is 4.31. The Morgan fingerprint density at radius 3 is 2.43 bits per heavy atom. The minimum atomic E-state index is 0.0716. The lowest BCUT2D eigenvalue weighted by molar-refractivity contribution is -0.128. The third-order valence-corrected chi connectivity index (χ3v) is 2.56. The number of carbonyl (C=O) groups is 1. The molecule has 0 heterocycles. The number of hydrogen-bond donors (Lipinski definition) is 1. The van der Waals surface area contributed by atoms with Gasteiger partial charge in [-0.15, -0.1) is 0 Å². The molecule has 0 aliphatic carbocycles. The van der Waals surface area contributed by atoms with Crippen LogP contribution in [-0.2, 0) is 11.3 Å². The molecule has 2 N–H and O–H groups in total. The summed E-state index contributed by atoms with van der Waals surface area (Å²) in [6.07, 6.45) is 0. The Kier molecular flexibility index (Phi) is 3.98. The Morgan fingerprint density at radius 1 is 1.43 bits per heavy atom. The van der Waals surface area contributed by atoms with Crippen molar-refractivity contribution in [2.75, 3.05) is 7.05 Å². The van der Waals surface area contributed by atoms with E-state index >= 15 is 0 Å². The number of benzene rings is 1. The highest BCUT2D eigenvalue weighted by Gasteiger charge is 2.02. The van der Waals surface area contributed by atoms with E-state index in [1.807, 2.05) is 24.3 Å². The lowest BCUT2D eigenvalue weighted by Gasteiger charge is -2.14. The van der Waals surface area contributed by atoms with Crippen LogP contribution >= 0.6 is 11.9 Å². The van der Waals surface area contributed by atoms with Crippen molar-refractivity contribution < 1.29 is 4.79 Å². The molecular formula is C10H14N2OS. The molecule has 0 radical (unpaired) electrons. The average molecular weight is 210 g/mol. The summed E-state index contributed by atoms with van der Waals surface area (Å²) in [7, 11) is 1.79. The van der Waals surface area contributed by atoms with E-state index in [-0.39, 0.29) is 5.91 Å². The molecular weight excluding hydrogens is 196 g/mol. The summed E-state index contributed by atoms with van der Waals surface area (Å²) in [5.74, 6) is 0.0716. The first-order chi connectivity index (χ1) is 6.63. The van der Waals surface area contributed by atoms with Crippen molar-refractivity contribution in [2.45, 2.75) is 18.4 Å². The van der Waals surface area contributed by atoms with Crippen molar-refractivity contribution in [1.82, 2.24) is 4.90 Å². The molecule has 1 aromatic carbocycles. The summed E-state index contributed by atoms with van der Waals surface area (Å²) >= 11 is 1.22. The number of carbonyl (C=O) groups excluding carboxylic acids is 1. The predicted octanol–water partition coefficient (Wildman–Crippen LogP) is 1.63. The molecule has 0 saturated carbocycles. The van der Waals surface area contributed by atoms with Crippen molar-refractivity contribution in [3.63, 3.8) is 0 Å². The fourth-order valence-corrected chi connectivity index (χ4v) is 1.35. The van der Waals surface area contributed by atoms with Gasteiger partial charge in [-0.2, -0.15) is 0 Å². The molecule has 4 heteroatoms. The van der Waals surface area contributed by atoms with Crippen LogP contribution in [0.1, 0.15) is 12.5 Å². The van der Waals surface area contributed by atoms with Gasteiger partial charge in [-0.25, -0.2) is 0 Å². The second-order valence-corrected chi connectivity index (χ2v) is 3.84. The maximum Gasteiger partial charge on any atom is 0.219 e. The maximum absolute atomic E-state index is 11.0. The van der Waals surface area contributed by atoms with E-state index in [1.165, 1.54) is 11.9 Å². The number of hydrogen-bond acceptors (Lipinski definition) is 3. The van der Waals surface area contributed by atoms with Gasteiger partial charge in [0.05, 0.1) is 0 Å². The Hall–Kier alpha value is -1.00. The molecule has 0 aliphatic rings. The van der Waals surface area contributed by atoms with Gasteiger partial charge in [-0.1, -0.05) is 12.1 Å². The largest absolute Gasteiger partial charge is 0.342 e. The molecule has 0 bridgehead atoms. The third kappa shape index (κ3) is 3.05. The van der Waals surface area contributed by atoms with Crippen LogP contribution in [-0.4, -0.2) is 17.9 Å². The standard InChI is InChI=1S/C10H14N2OS/c1-8(13)12(2)7-9-3-5-10(14-11)6-4-9/h3-6H,7,11H2,1-2H3. The van der Waals surface area contributed by atoms with Gasteiger partial charge in [0.1, 0.15) is 0 Å². The molecule has 0 aromatic heterocycles. The molecule has 1 aromatic rings. The molecule has 1 amide bonds. The SMILES string of the molecule is CC(=O)N(C)Cc1ccc(SN)cc1. The zero-order valence-corrected chi connectivity index (χ0v) is 9.17. The second-order valence-electron chi connectivity index (χ2n) is 3.14. The van der Waals surface area contributed by atoms with E-state index in [0.717, 1.165) is 10.5 Å². The number of amides is 1. The second kappa shape index (κ2) is 5.02. The van der Waals surface area contributed by atoms with Crippen LogP contribution in [0, 0.1) is 0 Å². The van der Waals surface area contributed by atoms with Gasteiger partial charge >= 0.3 is 0 Å². The molecule has 1 rings (SSSR count). The average Bonchev–Trinajstić information content (AvgIpc) is 2.19. The van der Waals surface area contributed by atoms with E-state index in [4.69, 9.17) is 5.14 Å². The quantitative estimate of drug-likeness (QED) is 0.771. The van der Waals surface area contributed by atoms with Crippen molar-refractivity contribution >= 4 is 17.9 Å². The van der Waals surface area contributed by atoms with Crippen LogP contribution in [0.25, 0.3) is 0 Å². The number of nitrogens with zero attached hydrogens (tertiary/aromatic N) is 1. The van der Waals surface area contributed by atoms with Crippen molar-refractivity contribution in [2.24, 2.45) is 5.14 Å². The van der Waals surface area contributed by atoms with Crippen LogP contribution in [0.15, 0.2) is 29.2 Å². The zero-order chi connectivity index (χ0) is 10.6. The molecule has 0 fully saturated rings. The van der Waals surface area contributed by atoms with Crippen molar-refractivity contribution in [3.8, 4) is 0 Å². The predicted molar refractivity (Wildman–Crippen MR) is 58.6 cm³/mol. The van der Waals surface area contributed by atoms with Crippen molar-refractivity contribution in [1.29, 1.82) is 0 Å². The summed E-state index contributed by atoms with van der Waals surface area (Å²) in [5.41, 5.74) is 1.11. The van der Waals surface area contributed by atoms with Gasteiger partial charge in [-0.3, -0.25) is 9.93 Å². The molecule has 0 atom stereocenters. The molecule has 0 unspecified atom stereocenters. The van der Waals surface area contributed by atoms with E-state index in [2.05, 4.69) is 0 Å². The van der Waals surface area contributed by atoms with E-state index in [0.29, 0.717) is 6.54 Å². The molecule has 0 saturated heterocycles. The number of nitrogens with two attached hydrogens (primary N) is 1. The maximum atomic E-state index is 11.0. The van der Waals surface area contributed by atoms with Gasteiger partial charge in [0, 0.05) is 25.4 Å². The first kappa shape index (κ1) is 11.1. The lowest BCUT2D eigenvalue weighted by atomic mass is 10.2. The summed E-state index contributed by atoms with van der Waals surface area (Å²) in [5, 5.41) is 5.40. The summed E-state index contributed by atoms with van der Waals surface area (Å²) in [4.78, 5) is 13.7. The highest BCUT2D eigenvalue weighted by molar-refractivity contribution is 7.97. The molecule has 14 heavy (non-hydrogen) atoms. The molecule has 0 spiro atoms. The van der Waals surface area contributed by atoms with Gasteiger partial charge in [0.15, 0.2) is 0 Å². The third-order valence-electron chi connectivity index (χ3n) is 2.02. The van der Waals surface area contributed by atoms with Crippen molar-refractivity contribution in [3.05, 3.63) is 29.8 Å². The highest BCUT2D eigenvalue weighted by atomic mass is 32.2. The van der Waals surface area contributed by atoms with Crippen LogP contribution in [0.4, 0.5) is 0 Å². The van der Waals surface area contributed by atoms with Gasteiger partial charge in [-0.05, 0) is 29.6 Å². The Labute approximate surface area is 88.4 Å². The van der Waals surface area contributed by atoms with Gasteiger partial charge < -0.3 is 4.90 Å². The smallest absolute Gasteiger partial charge is 0.219 e. The molecule has 0 aliphatic heterocycles. The van der Waals surface area contributed by atoms with Crippen LogP contribution in [0.5, 0.6) is 0 Å². The monoisotopic (exact) mass is 210 g/mol. The topological polar surface area (TPSA) is 46.3 Å². The lowest BCUT2D eigenvalue weighted by Crippen LogP contribution is -2.22. The zero-order valence-electron chi connectivity index (χ0n) is 8.36. The highest BCUT2D eigenvalue weighted by Crippen LogP contribution is 2.13. The molecule has 76 valence electrons. The van der Waals surface area contributed by atoms with E-state index < -0.39 is 0 Å². The van der Waals surface area contributed by atoms with Crippen LogP contribution < -0.4 is 5.14 Å². The summed E-state index contributed by atoms with van der Waals surface area (Å²) in [6.45, 7) is 2.20. The van der Waals surface area contributed by atoms with E-state index in [1.54, 1.807) is 18.9 Å². The minimum Gasteiger partial charge on any atom is -0.342 e. The van der Waals surface area contributed by atoms with Crippen LogP contribution in [0.2, 0.25) is 0 Å². The Morgan fingerprint density at radius 2 is 2.00 bits per heavy atom. The van der Waals surface area contributed by atoms with Crippen LogP contribution in [0.3, 0.4) is 0 Å². The Balaban J connectivity index is 2.64. The molecule has 3 nitrogen and oxygen atoms in total. The van der Waals surface area contributed by atoms with Gasteiger partial charge in [0.25, 0.3) is 0 Å². The fraction of sp³-hybridized carbons (Fsp3) is 0.300. The Bertz CT molecular complexity index is 310. The minimum absolute atomic E-state index is 0.0716. The first-order valence-corrected chi connectivity index (χ1v) is 5.19. The fourth-order valence-electron chi connectivity index (χ4n) is 1.06. The summed E-state index contributed by atoms with van der Waals surface area (Å²) < 4.78 is 0. The number of rotatable bonds is 3.